The lowest BCUT2D eigenvalue weighted by Crippen LogP contribution is -2.03. The Kier molecular flexibility index (Phi) is 3.20. The van der Waals surface area contributed by atoms with Gasteiger partial charge in [0.2, 0.25) is 0 Å². The number of benzene rings is 2. The molecular formula is C17H17N3. The first-order valence-electron chi connectivity index (χ1n) is 6.71. The molecule has 0 saturated carbocycles. The van der Waals surface area contributed by atoms with Crippen molar-refractivity contribution in [1.29, 1.82) is 0 Å². The van der Waals surface area contributed by atoms with E-state index in [2.05, 4.69) is 53.3 Å². The first-order valence-corrected chi connectivity index (χ1v) is 6.71. The predicted octanol–water partition coefficient (Wildman–Crippen LogP) is 3.37. The monoisotopic (exact) mass is 263 g/mol. The lowest BCUT2D eigenvalue weighted by atomic mass is 10.0. The third-order valence-electron chi connectivity index (χ3n) is 3.39. The predicted molar refractivity (Wildman–Crippen MR) is 82.3 cm³/mol. The fourth-order valence-corrected chi connectivity index (χ4v) is 2.41. The van der Waals surface area contributed by atoms with Gasteiger partial charge in [-0.3, -0.25) is 0 Å². The van der Waals surface area contributed by atoms with Crippen LogP contribution in [0, 0.1) is 13.8 Å². The Morgan fingerprint density at radius 2 is 1.65 bits per heavy atom. The molecule has 2 aromatic carbocycles. The van der Waals surface area contributed by atoms with Crippen molar-refractivity contribution in [3.63, 3.8) is 0 Å². The molecule has 0 radical (unpaired) electrons. The van der Waals surface area contributed by atoms with Crippen molar-refractivity contribution >= 4 is 10.8 Å². The molecule has 100 valence electrons. The number of fused-ring (bicyclic) bond motifs is 1. The molecule has 1 aromatic heterocycles. The van der Waals surface area contributed by atoms with Crippen molar-refractivity contribution < 1.29 is 0 Å². The molecule has 0 aliphatic rings. The number of aryl methyl sites for hydroxylation is 2. The smallest absolute Gasteiger partial charge is 0.126 e. The lowest BCUT2D eigenvalue weighted by Gasteiger charge is -2.07. The zero-order chi connectivity index (χ0) is 14.1. The molecule has 0 bridgehead atoms. The van der Waals surface area contributed by atoms with E-state index in [0.29, 0.717) is 6.54 Å². The molecule has 20 heavy (non-hydrogen) atoms. The maximum Gasteiger partial charge on any atom is 0.126 e. The summed E-state index contributed by atoms with van der Waals surface area (Å²) in [4.78, 5) is 8.83. The first-order chi connectivity index (χ1) is 9.65. The normalized spacial score (nSPS) is 10.9. The van der Waals surface area contributed by atoms with Crippen LogP contribution in [0.3, 0.4) is 0 Å². The lowest BCUT2D eigenvalue weighted by molar-refractivity contribution is 0.929. The Morgan fingerprint density at radius 1 is 0.900 bits per heavy atom. The van der Waals surface area contributed by atoms with E-state index >= 15 is 0 Å². The van der Waals surface area contributed by atoms with Gasteiger partial charge in [0.1, 0.15) is 5.82 Å². The summed E-state index contributed by atoms with van der Waals surface area (Å²) in [6.07, 6.45) is 0. The summed E-state index contributed by atoms with van der Waals surface area (Å²) in [6.45, 7) is 4.44. The highest BCUT2D eigenvalue weighted by Gasteiger charge is 2.05. The molecule has 3 rings (SSSR count). The molecule has 3 heteroatoms. The zero-order valence-corrected chi connectivity index (χ0v) is 11.7. The topological polar surface area (TPSA) is 51.8 Å². The second-order valence-corrected chi connectivity index (χ2v) is 5.06. The van der Waals surface area contributed by atoms with Crippen LogP contribution in [0.15, 0.2) is 42.5 Å². The molecule has 0 aliphatic heterocycles. The van der Waals surface area contributed by atoms with Crippen LogP contribution in [0.5, 0.6) is 0 Å². The van der Waals surface area contributed by atoms with E-state index in [1.165, 1.54) is 16.3 Å². The summed E-state index contributed by atoms with van der Waals surface area (Å²) >= 11 is 0. The minimum Gasteiger partial charge on any atom is -0.325 e. The number of aromatic nitrogens is 2. The molecule has 2 N–H and O–H groups in total. The van der Waals surface area contributed by atoms with Gasteiger partial charge in [0, 0.05) is 12.1 Å². The first kappa shape index (κ1) is 12.8. The van der Waals surface area contributed by atoms with Crippen molar-refractivity contribution in [1.82, 2.24) is 9.97 Å². The van der Waals surface area contributed by atoms with Crippen LogP contribution in [0.25, 0.3) is 22.0 Å². The molecule has 3 nitrogen and oxygen atoms in total. The van der Waals surface area contributed by atoms with Gasteiger partial charge in [-0.1, -0.05) is 35.9 Å². The molecule has 0 saturated heterocycles. The van der Waals surface area contributed by atoms with Crippen LogP contribution in [0.2, 0.25) is 0 Å². The van der Waals surface area contributed by atoms with Crippen LogP contribution in [-0.2, 0) is 6.54 Å². The third-order valence-corrected chi connectivity index (χ3v) is 3.39. The Balaban J connectivity index is 2.14. The van der Waals surface area contributed by atoms with Gasteiger partial charge in [-0.2, -0.15) is 0 Å². The van der Waals surface area contributed by atoms with Crippen LogP contribution in [0.1, 0.15) is 17.1 Å². The van der Waals surface area contributed by atoms with Gasteiger partial charge in [0.05, 0.1) is 11.4 Å². The van der Waals surface area contributed by atoms with E-state index < -0.39 is 0 Å². The largest absolute Gasteiger partial charge is 0.325 e. The number of nitrogens with zero attached hydrogens (tertiary/aromatic N) is 2. The standard InChI is InChI=1S/C17H17N3/c1-11-3-4-14-8-15(6-5-13(14)7-11)17-9-16(10-18)19-12(2)20-17/h3-9H,10,18H2,1-2H3. The van der Waals surface area contributed by atoms with Crippen LogP contribution >= 0.6 is 0 Å². The van der Waals surface area contributed by atoms with Crippen LogP contribution in [0.4, 0.5) is 0 Å². The van der Waals surface area contributed by atoms with Crippen molar-refractivity contribution in [2.75, 3.05) is 0 Å². The van der Waals surface area contributed by atoms with Gasteiger partial charge in [0.25, 0.3) is 0 Å². The van der Waals surface area contributed by atoms with E-state index in [9.17, 15) is 0 Å². The van der Waals surface area contributed by atoms with Crippen molar-refractivity contribution in [2.45, 2.75) is 20.4 Å². The zero-order valence-electron chi connectivity index (χ0n) is 11.7. The number of nitrogens with two attached hydrogens (primary N) is 1. The fourth-order valence-electron chi connectivity index (χ4n) is 2.41. The Labute approximate surface area is 118 Å². The molecule has 0 amide bonds. The summed E-state index contributed by atoms with van der Waals surface area (Å²) in [5, 5.41) is 2.47. The Hall–Kier alpha value is -2.26. The van der Waals surface area contributed by atoms with Gasteiger partial charge in [-0.15, -0.1) is 0 Å². The van der Waals surface area contributed by atoms with E-state index in [1.807, 2.05) is 13.0 Å². The molecule has 0 fully saturated rings. The Morgan fingerprint density at radius 3 is 2.45 bits per heavy atom. The van der Waals surface area contributed by atoms with Gasteiger partial charge < -0.3 is 5.73 Å². The second-order valence-electron chi connectivity index (χ2n) is 5.06. The highest BCUT2D eigenvalue weighted by Crippen LogP contribution is 2.24. The van der Waals surface area contributed by atoms with Gasteiger partial charge in [0.15, 0.2) is 0 Å². The molecule has 0 atom stereocenters. The molecule has 0 aliphatic carbocycles. The highest BCUT2D eigenvalue weighted by molar-refractivity contribution is 5.87. The van der Waals surface area contributed by atoms with E-state index in [4.69, 9.17) is 5.73 Å². The highest BCUT2D eigenvalue weighted by atomic mass is 14.9. The minimum atomic E-state index is 0.434. The maximum absolute atomic E-state index is 5.68. The summed E-state index contributed by atoms with van der Waals surface area (Å²) in [6, 6.07) is 14.8. The van der Waals surface area contributed by atoms with Crippen molar-refractivity contribution in [3.05, 3.63) is 59.5 Å². The minimum absolute atomic E-state index is 0.434. The number of hydrogen-bond acceptors (Lipinski definition) is 3. The number of hydrogen-bond donors (Lipinski definition) is 1. The molecule has 0 unspecified atom stereocenters. The average Bonchev–Trinajstić information content (AvgIpc) is 2.46. The third kappa shape index (κ3) is 2.40. The molecule has 3 aromatic rings. The van der Waals surface area contributed by atoms with Crippen LogP contribution in [-0.4, -0.2) is 9.97 Å². The van der Waals surface area contributed by atoms with Gasteiger partial charge in [-0.05, 0) is 36.8 Å². The fraction of sp³-hybridized carbons (Fsp3) is 0.176. The summed E-state index contributed by atoms with van der Waals surface area (Å²) in [5.74, 6) is 0.756. The number of rotatable bonds is 2. The Bertz CT molecular complexity index is 778. The van der Waals surface area contributed by atoms with Crippen molar-refractivity contribution in [2.24, 2.45) is 5.73 Å². The maximum atomic E-state index is 5.68. The van der Waals surface area contributed by atoms with E-state index in [0.717, 1.165) is 22.8 Å². The summed E-state index contributed by atoms with van der Waals surface area (Å²) in [7, 11) is 0. The molecule has 0 spiro atoms. The van der Waals surface area contributed by atoms with E-state index in [-0.39, 0.29) is 0 Å². The second kappa shape index (κ2) is 5.02. The summed E-state index contributed by atoms with van der Waals surface area (Å²) < 4.78 is 0. The molecular weight excluding hydrogens is 246 g/mol. The average molecular weight is 263 g/mol. The quantitative estimate of drug-likeness (QED) is 0.771. The van der Waals surface area contributed by atoms with Gasteiger partial charge >= 0.3 is 0 Å². The summed E-state index contributed by atoms with van der Waals surface area (Å²) in [5.41, 5.74) is 9.86. The van der Waals surface area contributed by atoms with Gasteiger partial charge in [-0.25, -0.2) is 9.97 Å². The van der Waals surface area contributed by atoms with Crippen LogP contribution < -0.4 is 5.73 Å². The molecule has 1 heterocycles. The van der Waals surface area contributed by atoms with Crippen molar-refractivity contribution in [3.8, 4) is 11.3 Å². The van der Waals surface area contributed by atoms with E-state index in [1.54, 1.807) is 0 Å². The SMILES string of the molecule is Cc1ccc2cc(-c3cc(CN)nc(C)n3)ccc2c1.